The molecule has 1 atom stereocenters. The lowest BCUT2D eigenvalue weighted by Crippen LogP contribution is -2.27. The number of hydrogen-bond acceptors (Lipinski definition) is 2. The molecule has 0 saturated heterocycles. The van der Waals surface area contributed by atoms with Crippen LogP contribution < -0.4 is 0 Å². The summed E-state index contributed by atoms with van der Waals surface area (Å²) in [6.07, 6.45) is 7.96. The zero-order chi connectivity index (χ0) is 23.6. The van der Waals surface area contributed by atoms with Gasteiger partial charge in [0.15, 0.2) is 5.16 Å². The summed E-state index contributed by atoms with van der Waals surface area (Å²) in [7, 11) is 0. The number of thioether (sulfide) groups is 1. The van der Waals surface area contributed by atoms with Crippen molar-refractivity contribution in [2.75, 3.05) is 0 Å². The third-order valence-electron chi connectivity index (χ3n) is 5.84. The first-order chi connectivity index (χ1) is 15.8. The standard InChI is InChI=1S/C25H21Cl3F2N2S/c1-25(17-7-8-19(26)20(27)13-17)10-2-4-18(29)5-3-11-32-23(25)14-31-24(32)33-15-16-6-9-22(30)21(28)12-16/h3-9,12-14H,2,10-11,15H2,1H3/b5-3-,18-4+. The lowest BCUT2D eigenvalue weighted by molar-refractivity contribution is 0.473. The molecule has 4 rings (SSSR count). The van der Waals surface area contributed by atoms with Gasteiger partial charge in [-0.05, 0) is 67.3 Å². The highest BCUT2D eigenvalue weighted by Crippen LogP contribution is 2.41. The quantitative estimate of drug-likeness (QED) is 0.317. The maximum absolute atomic E-state index is 14.2. The highest BCUT2D eigenvalue weighted by molar-refractivity contribution is 7.98. The van der Waals surface area contributed by atoms with Gasteiger partial charge in [-0.2, -0.15) is 0 Å². The number of aromatic nitrogens is 2. The molecule has 2 aromatic carbocycles. The monoisotopic (exact) mass is 524 g/mol. The highest BCUT2D eigenvalue weighted by atomic mass is 35.5. The summed E-state index contributed by atoms with van der Waals surface area (Å²) in [4.78, 5) is 4.69. The molecule has 0 saturated carbocycles. The molecule has 0 radical (unpaired) electrons. The summed E-state index contributed by atoms with van der Waals surface area (Å²) in [5.41, 5.74) is 2.40. The Balaban J connectivity index is 1.74. The fourth-order valence-corrected chi connectivity index (χ4v) is 5.40. The Hall–Kier alpha value is -1.79. The van der Waals surface area contributed by atoms with Gasteiger partial charge >= 0.3 is 0 Å². The van der Waals surface area contributed by atoms with Crippen molar-refractivity contribution in [3.8, 4) is 0 Å². The van der Waals surface area contributed by atoms with Crippen molar-refractivity contribution in [2.24, 2.45) is 0 Å². The van der Waals surface area contributed by atoms with E-state index in [1.54, 1.807) is 30.4 Å². The smallest absolute Gasteiger partial charge is 0.168 e. The number of halogens is 5. The van der Waals surface area contributed by atoms with Gasteiger partial charge in [0.1, 0.15) is 11.6 Å². The summed E-state index contributed by atoms with van der Waals surface area (Å²) >= 11 is 20.0. The van der Waals surface area contributed by atoms with Crippen molar-refractivity contribution in [3.05, 3.63) is 104 Å². The van der Waals surface area contributed by atoms with Crippen LogP contribution in [0.2, 0.25) is 15.1 Å². The number of hydrogen-bond donors (Lipinski definition) is 0. The molecule has 33 heavy (non-hydrogen) atoms. The number of allylic oxidation sites excluding steroid dienone is 4. The van der Waals surface area contributed by atoms with Gasteiger partial charge < -0.3 is 4.57 Å². The predicted molar refractivity (Wildman–Crippen MR) is 134 cm³/mol. The maximum atomic E-state index is 14.2. The molecule has 1 aliphatic heterocycles. The predicted octanol–water partition coefficient (Wildman–Crippen LogP) is 8.78. The third-order valence-corrected chi connectivity index (χ3v) is 7.93. The van der Waals surface area contributed by atoms with Crippen LogP contribution in [0, 0.1) is 5.82 Å². The molecule has 1 aliphatic rings. The first kappa shape index (κ1) is 24.3. The topological polar surface area (TPSA) is 17.8 Å². The van der Waals surface area contributed by atoms with Gasteiger partial charge in [0, 0.05) is 23.4 Å². The van der Waals surface area contributed by atoms with Crippen molar-refractivity contribution < 1.29 is 8.78 Å². The number of benzene rings is 2. The van der Waals surface area contributed by atoms with Gasteiger partial charge in [-0.25, -0.2) is 13.8 Å². The van der Waals surface area contributed by atoms with Crippen LogP contribution in [0.15, 0.2) is 71.8 Å². The molecule has 0 N–H and O–H groups in total. The molecule has 3 aromatic rings. The molecule has 2 nitrogen and oxygen atoms in total. The van der Waals surface area contributed by atoms with E-state index >= 15 is 0 Å². The molecule has 0 aliphatic carbocycles. The zero-order valence-corrected chi connectivity index (χ0v) is 20.9. The van der Waals surface area contributed by atoms with Crippen LogP contribution in [0.25, 0.3) is 0 Å². The SMILES string of the molecule is CC1(c2ccc(Cl)c(Cl)c2)CC/C=C(F)\C=C/Cn2c1cnc2SCc1ccc(F)c(Cl)c1. The summed E-state index contributed by atoms with van der Waals surface area (Å²) < 4.78 is 29.8. The second-order valence-electron chi connectivity index (χ2n) is 8.06. The van der Waals surface area contributed by atoms with Gasteiger partial charge in [-0.15, -0.1) is 0 Å². The molecule has 1 unspecified atom stereocenters. The lowest BCUT2D eigenvalue weighted by atomic mass is 9.75. The Kier molecular flexibility index (Phi) is 7.54. The van der Waals surface area contributed by atoms with Crippen LogP contribution in [-0.4, -0.2) is 9.55 Å². The van der Waals surface area contributed by atoms with Gasteiger partial charge in [0.25, 0.3) is 0 Å². The van der Waals surface area contributed by atoms with E-state index < -0.39 is 11.2 Å². The normalized spacial score (nSPS) is 21.2. The third kappa shape index (κ3) is 5.32. The van der Waals surface area contributed by atoms with Crippen molar-refractivity contribution in [2.45, 2.75) is 42.6 Å². The first-order valence-electron chi connectivity index (χ1n) is 10.4. The molecular weight excluding hydrogens is 505 g/mol. The molecule has 8 heteroatoms. The molecule has 0 fully saturated rings. The first-order valence-corrected chi connectivity index (χ1v) is 12.5. The van der Waals surface area contributed by atoms with E-state index in [1.165, 1.54) is 23.9 Å². The van der Waals surface area contributed by atoms with Gasteiger partial charge in [-0.3, -0.25) is 0 Å². The Labute approximate surface area is 211 Å². The number of nitrogens with zero attached hydrogens (tertiary/aromatic N) is 2. The van der Waals surface area contributed by atoms with Crippen LogP contribution in [0.4, 0.5) is 8.78 Å². The maximum Gasteiger partial charge on any atom is 0.168 e. The largest absolute Gasteiger partial charge is 0.318 e. The Bertz CT molecular complexity index is 1240. The van der Waals surface area contributed by atoms with E-state index in [4.69, 9.17) is 39.8 Å². The van der Waals surface area contributed by atoms with Crippen molar-refractivity contribution in [1.29, 1.82) is 0 Å². The number of imidazole rings is 1. The summed E-state index contributed by atoms with van der Waals surface area (Å²) in [5.74, 6) is -0.135. The van der Waals surface area contributed by atoms with Gasteiger partial charge in [0.05, 0.1) is 21.3 Å². The lowest BCUT2D eigenvalue weighted by Gasteiger charge is -2.32. The molecule has 2 heterocycles. The minimum absolute atomic E-state index is 0.0941. The number of fused-ring (bicyclic) bond motifs is 1. The average Bonchev–Trinajstić information content (AvgIpc) is 3.19. The fraction of sp³-hybridized carbons (Fsp3) is 0.240. The van der Waals surface area contributed by atoms with Crippen LogP contribution >= 0.6 is 46.6 Å². The summed E-state index contributed by atoms with van der Waals surface area (Å²) in [6.45, 7) is 2.57. The van der Waals surface area contributed by atoms with E-state index in [0.717, 1.165) is 22.0 Å². The van der Waals surface area contributed by atoms with Crippen molar-refractivity contribution >= 4 is 46.6 Å². The van der Waals surface area contributed by atoms with E-state index in [0.29, 0.717) is 35.2 Å². The number of rotatable bonds is 4. The second-order valence-corrected chi connectivity index (χ2v) is 10.2. The summed E-state index contributed by atoms with van der Waals surface area (Å²) in [5, 5.41) is 1.84. The minimum Gasteiger partial charge on any atom is -0.318 e. The Morgan fingerprint density at radius 1 is 1.06 bits per heavy atom. The molecule has 0 amide bonds. The molecule has 0 bridgehead atoms. The zero-order valence-electron chi connectivity index (χ0n) is 17.8. The average molecular weight is 526 g/mol. The van der Waals surface area contributed by atoms with Crippen LogP contribution in [0.5, 0.6) is 0 Å². The molecular formula is C25H21Cl3F2N2S. The fourth-order valence-electron chi connectivity index (χ4n) is 3.97. The molecule has 0 spiro atoms. The molecule has 1 aromatic heterocycles. The van der Waals surface area contributed by atoms with Crippen molar-refractivity contribution in [1.82, 2.24) is 9.55 Å². The molecule has 172 valence electrons. The van der Waals surface area contributed by atoms with Crippen LogP contribution in [0.3, 0.4) is 0 Å². The van der Waals surface area contributed by atoms with E-state index in [1.807, 2.05) is 18.3 Å². The van der Waals surface area contributed by atoms with E-state index in [2.05, 4.69) is 11.5 Å². The Morgan fingerprint density at radius 2 is 1.88 bits per heavy atom. The van der Waals surface area contributed by atoms with E-state index in [9.17, 15) is 8.78 Å². The van der Waals surface area contributed by atoms with E-state index in [-0.39, 0.29) is 10.8 Å². The second kappa shape index (κ2) is 10.2. The Morgan fingerprint density at radius 3 is 2.64 bits per heavy atom. The highest BCUT2D eigenvalue weighted by Gasteiger charge is 2.33. The van der Waals surface area contributed by atoms with Gasteiger partial charge in [-0.1, -0.05) is 64.8 Å². The van der Waals surface area contributed by atoms with Gasteiger partial charge in [0.2, 0.25) is 0 Å². The summed E-state index contributed by atoms with van der Waals surface area (Å²) in [6, 6.07) is 10.3. The van der Waals surface area contributed by atoms with Crippen LogP contribution in [-0.2, 0) is 17.7 Å². The van der Waals surface area contributed by atoms with Crippen molar-refractivity contribution in [3.63, 3.8) is 0 Å². The van der Waals surface area contributed by atoms with Crippen LogP contribution in [0.1, 0.15) is 36.6 Å². The minimum atomic E-state index is -0.471.